The van der Waals surface area contributed by atoms with E-state index in [-0.39, 0.29) is 35.1 Å². The van der Waals surface area contributed by atoms with Crippen LogP contribution >= 0.6 is 43.5 Å². The molecule has 0 aliphatic rings. The predicted molar refractivity (Wildman–Crippen MR) is 137 cm³/mol. The normalized spacial score (nSPS) is 10.8. The highest BCUT2D eigenvalue weighted by Crippen LogP contribution is 2.35. The van der Waals surface area contributed by atoms with E-state index >= 15 is 0 Å². The van der Waals surface area contributed by atoms with Gasteiger partial charge in [0.2, 0.25) is 0 Å². The first-order valence-electron chi connectivity index (χ1n) is 9.93. The third-order valence-corrected chi connectivity index (χ3v) is 6.33. The molecule has 0 radical (unpaired) electrons. The van der Waals surface area contributed by atoms with Crippen LogP contribution in [0.5, 0.6) is 0 Å². The van der Waals surface area contributed by atoms with Crippen molar-refractivity contribution >= 4 is 77.5 Å². The Labute approximate surface area is 216 Å². The molecule has 4 rings (SSSR count). The number of nitrogens with zero attached hydrogens (tertiary/aromatic N) is 3. The van der Waals surface area contributed by atoms with Gasteiger partial charge in [0, 0.05) is 16.7 Å². The van der Waals surface area contributed by atoms with Gasteiger partial charge in [-0.05, 0) is 67.8 Å². The molecule has 34 heavy (non-hydrogen) atoms. The molecule has 2 aromatic heterocycles. The Balaban J connectivity index is 1.79. The van der Waals surface area contributed by atoms with Crippen molar-refractivity contribution in [1.29, 1.82) is 0 Å². The second-order valence-electron chi connectivity index (χ2n) is 7.25. The molecule has 8 nitrogen and oxygen atoms in total. The van der Waals surface area contributed by atoms with Gasteiger partial charge in [-0.1, -0.05) is 35.9 Å². The topological polar surface area (TPSA) is 106 Å². The Morgan fingerprint density at radius 2 is 1.82 bits per heavy atom. The molecule has 2 amide bonds. The number of carbonyl (C=O) groups excluding carboxylic acids is 3. The van der Waals surface area contributed by atoms with E-state index < -0.39 is 11.8 Å². The summed E-state index contributed by atoms with van der Waals surface area (Å²) in [6.07, 6.45) is 1.54. The van der Waals surface area contributed by atoms with E-state index in [1.165, 1.54) is 23.9 Å². The number of amides is 2. The standard InChI is InChI=1S/C23H16Br2ClN5O3/c1-12(32)11-28-22(33)15-9-13-5-2-3-6-14(13)19(25)20(15)29-23(34)17-10-18(24)30-31(17)21-16(26)7-4-8-27-21/h2-10H,11H2,1H3,(H,28,33)(H,29,34). The summed E-state index contributed by atoms with van der Waals surface area (Å²) in [5.41, 5.74) is 0.588. The quantitative estimate of drug-likeness (QED) is 0.316. The number of ketones is 1. The maximum Gasteiger partial charge on any atom is 0.274 e. The summed E-state index contributed by atoms with van der Waals surface area (Å²) >= 11 is 13.1. The summed E-state index contributed by atoms with van der Waals surface area (Å²) in [5, 5.41) is 11.6. The lowest BCUT2D eigenvalue weighted by Crippen LogP contribution is -2.29. The number of halogens is 3. The monoisotopic (exact) mass is 603 g/mol. The molecule has 0 bridgehead atoms. The van der Waals surface area contributed by atoms with Crippen LogP contribution < -0.4 is 10.6 Å². The van der Waals surface area contributed by atoms with Gasteiger partial charge in [0.1, 0.15) is 16.1 Å². The van der Waals surface area contributed by atoms with E-state index in [1.807, 2.05) is 24.3 Å². The Morgan fingerprint density at radius 3 is 2.56 bits per heavy atom. The van der Waals surface area contributed by atoms with Crippen molar-refractivity contribution in [3.8, 4) is 5.82 Å². The number of nitrogens with one attached hydrogen (secondary N) is 2. The molecule has 0 unspecified atom stereocenters. The third-order valence-electron chi connectivity index (χ3n) is 4.82. The smallest absolute Gasteiger partial charge is 0.274 e. The molecule has 0 saturated heterocycles. The number of hydrogen-bond acceptors (Lipinski definition) is 5. The fraction of sp³-hybridized carbons (Fsp3) is 0.0870. The van der Waals surface area contributed by atoms with Crippen LogP contribution in [0.3, 0.4) is 0 Å². The minimum absolute atomic E-state index is 0.130. The second kappa shape index (κ2) is 10.0. The van der Waals surface area contributed by atoms with Crippen LogP contribution in [0.25, 0.3) is 16.6 Å². The van der Waals surface area contributed by atoms with Gasteiger partial charge in [-0.3, -0.25) is 14.4 Å². The summed E-state index contributed by atoms with van der Waals surface area (Å²) < 4.78 is 2.23. The maximum absolute atomic E-state index is 13.4. The first-order valence-corrected chi connectivity index (χ1v) is 11.9. The molecule has 0 spiro atoms. The zero-order valence-corrected chi connectivity index (χ0v) is 21.5. The first-order chi connectivity index (χ1) is 16.3. The van der Waals surface area contributed by atoms with Crippen molar-refractivity contribution < 1.29 is 14.4 Å². The Morgan fingerprint density at radius 1 is 1.06 bits per heavy atom. The number of hydrogen-bond donors (Lipinski definition) is 2. The highest BCUT2D eigenvalue weighted by Gasteiger charge is 2.23. The number of Topliss-reactive ketones (excluding diaryl/α,β-unsaturated/α-hetero) is 1. The van der Waals surface area contributed by atoms with E-state index in [1.54, 1.807) is 18.2 Å². The SMILES string of the molecule is CC(=O)CNC(=O)c1cc2ccccc2c(Br)c1NC(=O)c1cc(Br)nn1-c1ncccc1Cl. The number of aromatic nitrogens is 3. The summed E-state index contributed by atoms with van der Waals surface area (Å²) in [5.74, 6) is -0.965. The second-order valence-corrected chi connectivity index (χ2v) is 9.26. The summed E-state index contributed by atoms with van der Waals surface area (Å²) in [7, 11) is 0. The average molecular weight is 606 g/mol. The lowest BCUT2D eigenvalue weighted by Gasteiger charge is -2.16. The molecule has 0 fully saturated rings. The molecule has 172 valence electrons. The highest BCUT2D eigenvalue weighted by atomic mass is 79.9. The van der Waals surface area contributed by atoms with Crippen LogP contribution in [0.15, 0.2) is 63.8 Å². The Bertz CT molecular complexity index is 1450. The summed E-state index contributed by atoms with van der Waals surface area (Å²) in [6, 6.07) is 13.9. The van der Waals surface area contributed by atoms with Gasteiger partial charge >= 0.3 is 0 Å². The molecule has 11 heteroatoms. The lowest BCUT2D eigenvalue weighted by molar-refractivity contribution is -0.116. The van der Waals surface area contributed by atoms with Crippen molar-refractivity contribution in [2.24, 2.45) is 0 Å². The van der Waals surface area contributed by atoms with Crippen LogP contribution in [0.4, 0.5) is 5.69 Å². The zero-order valence-electron chi connectivity index (χ0n) is 17.6. The molecule has 4 aromatic rings. The zero-order chi connectivity index (χ0) is 24.4. The number of rotatable bonds is 6. The maximum atomic E-state index is 13.4. The van der Waals surface area contributed by atoms with Gasteiger partial charge in [-0.25, -0.2) is 9.67 Å². The van der Waals surface area contributed by atoms with Gasteiger partial charge in [0.05, 0.1) is 22.8 Å². The molecule has 0 saturated carbocycles. The number of anilines is 1. The highest BCUT2D eigenvalue weighted by molar-refractivity contribution is 9.11. The molecule has 2 N–H and O–H groups in total. The van der Waals surface area contributed by atoms with Crippen molar-refractivity contribution in [1.82, 2.24) is 20.1 Å². The molecular formula is C23H16Br2ClN5O3. The lowest BCUT2D eigenvalue weighted by atomic mass is 10.0. The molecule has 0 aliphatic heterocycles. The largest absolute Gasteiger partial charge is 0.345 e. The number of fused-ring (bicyclic) bond motifs is 1. The first kappa shape index (κ1) is 24.1. The van der Waals surface area contributed by atoms with Crippen molar-refractivity contribution in [2.75, 3.05) is 11.9 Å². The number of carbonyl (C=O) groups is 3. The summed E-state index contributed by atoms with van der Waals surface area (Å²) in [4.78, 5) is 41.9. The predicted octanol–water partition coefficient (Wildman–Crippen LogP) is 5.17. The van der Waals surface area contributed by atoms with E-state index in [2.05, 4.69) is 52.6 Å². The Hall–Kier alpha value is -3.08. The molecule has 2 heterocycles. The van der Waals surface area contributed by atoms with Crippen molar-refractivity contribution in [2.45, 2.75) is 6.92 Å². The molecule has 0 aliphatic carbocycles. The number of pyridine rings is 1. The molecule has 0 atom stereocenters. The molecular weight excluding hydrogens is 590 g/mol. The van der Waals surface area contributed by atoms with Crippen LogP contribution in [0.1, 0.15) is 27.8 Å². The van der Waals surface area contributed by atoms with Crippen LogP contribution in [0, 0.1) is 0 Å². The summed E-state index contributed by atoms with van der Waals surface area (Å²) in [6.45, 7) is 1.25. The Kier molecular flexibility index (Phi) is 7.11. The van der Waals surface area contributed by atoms with Crippen molar-refractivity contribution in [3.05, 3.63) is 80.1 Å². The minimum atomic E-state index is -0.545. The minimum Gasteiger partial charge on any atom is -0.345 e. The van der Waals surface area contributed by atoms with E-state index in [9.17, 15) is 14.4 Å². The van der Waals surface area contributed by atoms with Crippen LogP contribution in [0.2, 0.25) is 5.02 Å². The van der Waals surface area contributed by atoms with E-state index in [0.717, 1.165) is 10.8 Å². The fourth-order valence-corrected chi connectivity index (χ4v) is 4.54. The average Bonchev–Trinajstić information content (AvgIpc) is 3.21. The third kappa shape index (κ3) is 4.89. The van der Waals surface area contributed by atoms with Gasteiger partial charge in [-0.15, -0.1) is 0 Å². The van der Waals surface area contributed by atoms with Gasteiger partial charge in [-0.2, -0.15) is 5.10 Å². The van der Waals surface area contributed by atoms with E-state index in [0.29, 0.717) is 14.1 Å². The van der Waals surface area contributed by atoms with Gasteiger partial charge < -0.3 is 10.6 Å². The van der Waals surface area contributed by atoms with Crippen LogP contribution in [-0.2, 0) is 4.79 Å². The number of benzene rings is 2. The van der Waals surface area contributed by atoms with Crippen molar-refractivity contribution in [3.63, 3.8) is 0 Å². The fourth-order valence-electron chi connectivity index (χ4n) is 3.29. The van der Waals surface area contributed by atoms with E-state index in [4.69, 9.17) is 11.6 Å². The van der Waals surface area contributed by atoms with Crippen LogP contribution in [-0.4, -0.2) is 38.9 Å². The van der Waals surface area contributed by atoms with Gasteiger partial charge in [0.25, 0.3) is 11.8 Å². The van der Waals surface area contributed by atoms with Gasteiger partial charge in [0.15, 0.2) is 5.82 Å². The molecule has 2 aromatic carbocycles.